The number of hydrogen-bond donors (Lipinski definition) is 1. The number of hydrogen-bond acceptors (Lipinski definition) is 4. The molecule has 2 aromatic rings. The minimum absolute atomic E-state index is 0.189. The molecule has 0 amide bonds. The maximum atomic E-state index is 10.1. The summed E-state index contributed by atoms with van der Waals surface area (Å²) < 4.78 is 10.6. The van der Waals surface area contributed by atoms with Gasteiger partial charge in [0.25, 0.3) is 0 Å². The highest BCUT2D eigenvalue weighted by molar-refractivity contribution is 6.35. The molecule has 3 rings (SSSR count). The molecule has 0 unspecified atom stereocenters. The molecule has 0 saturated carbocycles. The van der Waals surface area contributed by atoms with Gasteiger partial charge in [0.15, 0.2) is 11.5 Å². The fourth-order valence-electron chi connectivity index (χ4n) is 2.39. The van der Waals surface area contributed by atoms with Crippen LogP contribution < -0.4 is 9.47 Å². The maximum Gasteiger partial charge on any atom is 0.231 e. The van der Waals surface area contributed by atoms with Crippen LogP contribution in [0.4, 0.5) is 0 Å². The minimum atomic E-state index is 0.189. The fraction of sp³-hybridized carbons (Fsp3) is 0.250. The van der Waals surface area contributed by atoms with Crippen molar-refractivity contribution in [3.8, 4) is 17.2 Å². The number of phenols is 1. The smallest absolute Gasteiger partial charge is 0.231 e. The lowest BCUT2D eigenvalue weighted by molar-refractivity contribution is 0.174. The Hall–Kier alpha value is -1.62. The van der Waals surface area contributed by atoms with Crippen molar-refractivity contribution in [1.82, 2.24) is 4.90 Å². The molecule has 0 spiro atoms. The normalized spacial score (nSPS) is 12.9. The summed E-state index contributed by atoms with van der Waals surface area (Å²) in [4.78, 5) is 2.05. The fourth-order valence-corrected chi connectivity index (χ4v) is 2.86. The Morgan fingerprint density at radius 2 is 1.73 bits per heavy atom. The lowest BCUT2D eigenvalue weighted by Crippen LogP contribution is -2.17. The summed E-state index contributed by atoms with van der Waals surface area (Å²) >= 11 is 12.1. The van der Waals surface area contributed by atoms with Gasteiger partial charge in [-0.05, 0) is 30.8 Å². The summed E-state index contributed by atoms with van der Waals surface area (Å²) in [5.41, 5.74) is 1.76. The van der Waals surface area contributed by atoms with Gasteiger partial charge < -0.3 is 14.6 Å². The van der Waals surface area contributed by atoms with Crippen LogP contribution in [0.5, 0.6) is 17.2 Å². The van der Waals surface area contributed by atoms with Crippen LogP contribution >= 0.6 is 23.2 Å². The molecule has 0 aromatic heterocycles. The van der Waals surface area contributed by atoms with E-state index in [1.807, 2.05) is 24.1 Å². The molecule has 0 atom stereocenters. The lowest BCUT2D eigenvalue weighted by atomic mass is 10.1. The largest absolute Gasteiger partial charge is 0.507 e. The van der Waals surface area contributed by atoms with Gasteiger partial charge in [0.05, 0.1) is 0 Å². The van der Waals surface area contributed by atoms with E-state index >= 15 is 0 Å². The van der Waals surface area contributed by atoms with E-state index in [1.165, 1.54) is 0 Å². The molecule has 0 aliphatic carbocycles. The SMILES string of the molecule is CN(Cc1cc2c(cc1O)OCO2)Cc1ccc(Cl)cc1Cl. The Morgan fingerprint density at radius 1 is 1.05 bits per heavy atom. The number of nitrogens with zero attached hydrogens (tertiary/aromatic N) is 1. The number of phenolic OH excluding ortho intramolecular Hbond substituents is 1. The van der Waals surface area contributed by atoms with Crippen molar-refractivity contribution < 1.29 is 14.6 Å². The molecule has 22 heavy (non-hydrogen) atoms. The van der Waals surface area contributed by atoms with Gasteiger partial charge in [-0.1, -0.05) is 29.3 Å². The number of fused-ring (bicyclic) bond motifs is 1. The van der Waals surface area contributed by atoms with Crippen molar-refractivity contribution in [3.05, 3.63) is 51.5 Å². The molecule has 1 N–H and O–H groups in total. The van der Waals surface area contributed by atoms with E-state index in [0.717, 1.165) is 11.1 Å². The quantitative estimate of drug-likeness (QED) is 0.911. The standard InChI is InChI=1S/C16H15Cl2NO3/c1-19(7-10-2-3-12(17)5-13(10)18)8-11-4-15-16(6-14(11)20)22-9-21-15/h2-6,20H,7-9H2,1H3. The molecule has 0 bridgehead atoms. The summed E-state index contributed by atoms with van der Waals surface area (Å²) in [5, 5.41) is 11.3. The summed E-state index contributed by atoms with van der Waals surface area (Å²) in [7, 11) is 1.95. The Bertz CT molecular complexity index is 706. The van der Waals surface area contributed by atoms with Gasteiger partial charge in [-0.3, -0.25) is 4.90 Å². The van der Waals surface area contributed by atoms with Crippen molar-refractivity contribution in [3.63, 3.8) is 0 Å². The van der Waals surface area contributed by atoms with Crippen LogP contribution in [0.25, 0.3) is 0 Å². The van der Waals surface area contributed by atoms with E-state index in [-0.39, 0.29) is 12.5 Å². The Kier molecular flexibility index (Phi) is 4.34. The average Bonchev–Trinajstić information content (AvgIpc) is 2.89. The molecule has 6 heteroatoms. The first kappa shape index (κ1) is 15.3. The molecule has 0 radical (unpaired) electrons. The van der Waals surface area contributed by atoms with Crippen molar-refractivity contribution in [2.75, 3.05) is 13.8 Å². The number of benzene rings is 2. The third-order valence-corrected chi connectivity index (χ3v) is 4.06. The van der Waals surface area contributed by atoms with Crippen molar-refractivity contribution in [2.45, 2.75) is 13.1 Å². The molecule has 1 aliphatic heterocycles. The second-order valence-electron chi connectivity index (χ2n) is 5.24. The number of ether oxygens (including phenoxy) is 2. The number of rotatable bonds is 4. The maximum absolute atomic E-state index is 10.1. The third kappa shape index (κ3) is 3.24. The van der Waals surface area contributed by atoms with Gasteiger partial charge in [0.1, 0.15) is 5.75 Å². The molecule has 0 fully saturated rings. The third-order valence-electron chi connectivity index (χ3n) is 3.47. The Morgan fingerprint density at radius 3 is 2.45 bits per heavy atom. The zero-order chi connectivity index (χ0) is 15.7. The summed E-state index contributed by atoms with van der Waals surface area (Å²) in [5.74, 6) is 1.42. The van der Waals surface area contributed by atoms with Gasteiger partial charge in [-0.25, -0.2) is 0 Å². The summed E-state index contributed by atoms with van der Waals surface area (Å²) in [6, 6.07) is 8.83. The lowest BCUT2D eigenvalue weighted by Gasteiger charge is -2.18. The summed E-state index contributed by atoms with van der Waals surface area (Å²) in [6.07, 6.45) is 0. The first-order valence-corrected chi connectivity index (χ1v) is 7.52. The molecule has 4 nitrogen and oxygen atoms in total. The van der Waals surface area contributed by atoms with E-state index in [0.29, 0.717) is 34.6 Å². The molecular weight excluding hydrogens is 325 g/mol. The first-order chi connectivity index (χ1) is 10.5. The van der Waals surface area contributed by atoms with Gasteiger partial charge in [-0.2, -0.15) is 0 Å². The van der Waals surface area contributed by atoms with E-state index in [4.69, 9.17) is 32.7 Å². The molecule has 1 aliphatic rings. The summed E-state index contributed by atoms with van der Waals surface area (Å²) in [6.45, 7) is 1.39. The van der Waals surface area contributed by atoms with Gasteiger partial charge in [0, 0.05) is 34.8 Å². The average molecular weight is 340 g/mol. The van der Waals surface area contributed by atoms with Crippen LogP contribution in [0.1, 0.15) is 11.1 Å². The molecule has 0 saturated heterocycles. The van der Waals surface area contributed by atoms with Crippen molar-refractivity contribution in [2.24, 2.45) is 0 Å². The zero-order valence-corrected chi connectivity index (χ0v) is 13.5. The number of aromatic hydroxyl groups is 1. The van der Waals surface area contributed by atoms with Crippen LogP contribution in [0, 0.1) is 0 Å². The first-order valence-electron chi connectivity index (χ1n) is 6.77. The van der Waals surface area contributed by atoms with Crippen LogP contribution in [-0.4, -0.2) is 23.8 Å². The highest BCUT2D eigenvalue weighted by Gasteiger charge is 2.18. The molecule has 1 heterocycles. The minimum Gasteiger partial charge on any atom is -0.507 e. The van der Waals surface area contributed by atoms with Crippen LogP contribution in [-0.2, 0) is 13.1 Å². The predicted octanol–water partition coefficient (Wildman–Crippen LogP) is 4.06. The molecule has 116 valence electrons. The Balaban J connectivity index is 1.73. The second-order valence-corrected chi connectivity index (χ2v) is 6.09. The zero-order valence-electron chi connectivity index (χ0n) is 12.0. The van der Waals surface area contributed by atoms with Gasteiger partial charge >= 0.3 is 0 Å². The van der Waals surface area contributed by atoms with E-state index in [9.17, 15) is 5.11 Å². The topological polar surface area (TPSA) is 41.9 Å². The Labute approximate surface area is 138 Å². The predicted molar refractivity (Wildman–Crippen MR) is 85.9 cm³/mol. The number of halogens is 2. The highest BCUT2D eigenvalue weighted by atomic mass is 35.5. The van der Waals surface area contributed by atoms with Crippen LogP contribution in [0.3, 0.4) is 0 Å². The van der Waals surface area contributed by atoms with Gasteiger partial charge in [0.2, 0.25) is 6.79 Å². The molecular formula is C16H15Cl2NO3. The van der Waals surface area contributed by atoms with E-state index < -0.39 is 0 Å². The monoisotopic (exact) mass is 339 g/mol. The van der Waals surface area contributed by atoms with E-state index in [1.54, 1.807) is 18.2 Å². The molecule has 2 aromatic carbocycles. The van der Waals surface area contributed by atoms with Gasteiger partial charge in [-0.15, -0.1) is 0 Å². The van der Waals surface area contributed by atoms with Crippen LogP contribution in [0.2, 0.25) is 10.0 Å². The van der Waals surface area contributed by atoms with Crippen molar-refractivity contribution >= 4 is 23.2 Å². The highest BCUT2D eigenvalue weighted by Crippen LogP contribution is 2.38. The second kappa shape index (κ2) is 6.24. The van der Waals surface area contributed by atoms with Crippen molar-refractivity contribution in [1.29, 1.82) is 0 Å². The van der Waals surface area contributed by atoms with Crippen LogP contribution in [0.15, 0.2) is 30.3 Å². The van der Waals surface area contributed by atoms with E-state index in [2.05, 4.69) is 0 Å².